The lowest BCUT2D eigenvalue weighted by molar-refractivity contribution is -0.130. The number of nitrogens with one attached hydrogen (secondary N) is 3. The second-order valence-corrected chi connectivity index (χ2v) is 9.73. The van der Waals surface area contributed by atoms with E-state index in [4.69, 9.17) is 27.1 Å². The van der Waals surface area contributed by atoms with Gasteiger partial charge in [-0.3, -0.25) is 0 Å². The highest BCUT2D eigenvalue weighted by Gasteiger charge is 2.25. The first-order valence-electron chi connectivity index (χ1n) is 12.9. The van der Waals surface area contributed by atoms with E-state index < -0.39 is 5.97 Å². The second kappa shape index (κ2) is 14.4. The Morgan fingerprint density at radius 2 is 1.97 bits per heavy atom. The summed E-state index contributed by atoms with van der Waals surface area (Å²) in [7, 11) is 0. The molecule has 1 aliphatic rings. The Balaban J connectivity index is 0.000000695. The normalized spacial score (nSPS) is 14.7. The third kappa shape index (κ3) is 8.59. The Hall–Kier alpha value is -3.41. The summed E-state index contributed by atoms with van der Waals surface area (Å²) in [4.78, 5) is 20.1. The Morgan fingerprint density at radius 1 is 1.27 bits per heavy atom. The third-order valence-electron chi connectivity index (χ3n) is 6.87. The summed E-state index contributed by atoms with van der Waals surface area (Å²) >= 11 is 5.50. The smallest absolute Gasteiger partial charge is 0.381 e. The van der Waals surface area contributed by atoms with E-state index in [-0.39, 0.29) is 0 Å². The number of aromatic nitrogens is 2. The van der Waals surface area contributed by atoms with Crippen LogP contribution in [0.5, 0.6) is 0 Å². The fourth-order valence-corrected chi connectivity index (χ4v) is 4.82. The summed E-state index contributed by atoms with van der Waals surface area (Å²) < 4.78 is 0. The highest BCUT2D eigenvalue weighted by atomic mass is 32.1. The van der Waals surface area contributed by atoms with Gasteiger partial charge in [-0.1, -0.05) is 37.3 Å². The number of terminal acetylenes is 1. The first-order valence-corrected chi connectivity index (χ1v) is 13.3. The molecule has 0 amide bonds. The SMILES string of the molecule is C#CC(=O)O.CCC(C)N1CCC(c2c[nH]c3ccc(NC(=S)NCCCc4ccccc4)nc23)CC1. The number of aromatic amines is 1. The fourth-order valence-electron chi connectivity index (χ4n) is 4.61. The zero-order valence-electron chi connectivity index (χ0n) is 21.7. The molecule has 1 unspecified atom stereocenters. The highest BCUT2D eigenvalue weighted by Crippen LogP contribution is 2.33. The van der Waals surface area contributed by atoms with E-state index in [1.807, 2.05) is 6.07 Å². The number of fused-ring (bicyclic) bond motifs is 1. The number of H-pyrrole nitrogens is 1. The Kier molecular flexibility index (Phi) is 10.9. The van der Waals surface area contributed by atoms with Crippen molar-refractivity contribution in [2.75, 3.05) is 25.0 Å². The predicted octanol–water partition coefficient (Wildman–Crippen LogP) is 5.16. The molecule has 1 fully saturated rings. The van der Waals surface area contributed by atoms with Crippen LogP contribution in [0.3, 0.4) is 0 Å². The number of aliphatic carboxylic acids is 1. The van der Waals surface area contributed by atoms with Crippen molar-refractivity contribution in [2.24, 2.45) is 0 Å². The molecule has 3 aromatic rings. The Morgan fingerprint density at radius 3 is 2.62 bits per heavy atom. The molecule has 8 heteroatoms. The van der Waals surface area contributed by atoms with E-state index in [1.54, 1.807) is 0 Å². The van der Waals surface area contributed by atoms with Gasteiger partial charge < -0.3 is 25.6 Å². The molecule has 1 aliphatic heterocycles. The van der Waals surface area contributed by atoms with Crippen LogP contribution in [-0.4, -0.2) is 56.7 Å². The average molecular weight is 520 g/mol. The van der Waals surface area contributed by atoms with Crippen molar-refractivity contribution in [2.45, 2.75) is 57.9 Å². The minimum absolute atomic E-state index is 0.565. The van der Waals surface area contributed by atoms with Crippen LogP contribution >= 0.6 is 12.2 Å². The van der Waals surface area contributed by atoms with Gasteiger partial charge in [0, 0.05) is 24.7 Å². The number of thiocarbonyl (C=S) groups is 1. The van der Waals surface area contributed by atoms with Crippen molar-refractivity contribution in [1.82, 2.24) is 20.2 Å². The minimum Gasteiger partial charge on any atom is -0.472 e. The molecule has 196 valence electrons. The van der Waals surface area contributed by atoms with Crippen LogP contribution in [-0.2, 0) is 11.2 Å². The lowest BCUT2D eigenvalue weighted by Gasteiger charge is -2.35. The van der Waals surface area contributed by atoms with Gasteiger partial charge in [-0.15, -0.1) is 6.42 Å². The van der Waals surface area contributed by atoms with E-state index in [0.29, 0.717) is 17.1 Å². The van der Waals surface area contributed by atoms with Crippen LogP contribution in [0.2, 0.25) is 0 Å². The zero-order chi connectivity index (χ0) is 26.6. The third-order valence-corrected chi connectivity index (χ3v) is 7.12. The fraction of sp³-hybridized carbons (Fsp3) is 0.414. The quantitative estimate of drug-likeness (QED) is 0.185. The summed E-state index contributed by atoms with van der Waals surface area (Å²) in [6.07, 6.45) is 12.2. The van der Waals surface area contributed by atoms with Gasteiger partial charge in [-0.25, -0.2) is 9.78 Å². The van der Waals surface area contributed by atoms with Gasteiger partial charge in [0.1, 0.15) is 5.82 Å². The lowest BCUT2D eigenvalue weighted by Crippen LogP contribution is -2.39. The maximum absolute atomic E-state index is 9.13. The lowest BCUT2D eigenvalue weighted by atomic mass is 9.89. The van der Waals surface area contributed by atoms with E-state index in [2.05, 4.69) is 83.4 Å². The highest BCUT2D eigenvalue weighted by molar-refractivity contribution is 7.80. The molecular formula is C29H37N5O2S. The van der Waals surface area contributed by atoms with Crippen molar-refractivity contribution < 1.29 is 9.90 Å². The summed E-state index contributed by atoms with van der Waals surface area (Å²) in [6.45, 7) is 7.79. The number of nitrogens with zero attached hydrogens (tertiary/aromatic N) is 2. The molecule has 1 saturated heterocycles. The summed E-state index contributed by atoms with van der Waals surface area (Å²) in [6, 6.07) is 15.3. The van der Waals surface area contributed by atoms with Crippen molar-refractivity contribution >= 4 is 40.2 Å². The molecule has 37 heavy (non-hydrogen) atoms. The van der Waals surface area contributed by atoms with E-state index in [1.165, 1.54) is 49.4 Å². The monoisotopic (exact) mass is 519 g/mol. The molecule has 2 aromatic heterocycles. The molecule has 4 N–H and O–H groups in total. The molecule has 4 rings (SSSR count). The molecule has 0 saturated carbocycles. The molecular weight excluding hydrogens is 482 g/mol. The largest absolute Gasteiger partial charge is 0.472 e. The molecule has 0 bridgehead atoms. The number of carboxylic acid groups (broad SMARTS) is 1. The summed E-state index contributed by atoms with van der Waals surface area (Å²) in [5.41, 5.74) is 4.87. The number of hydrogen-bond acceptors (Lipinski definition) is 4. The zero-order valence-corrected chi connectivity index (χ0v) is 22.5. The van der Waals surface area contributed by atoms with Crippen molar-refractivity contribution in [3.63, 3.8) is 0 Å². The molecule has 1 atom stereocenters. The topological polar surface area (TPSA) is 93.3 Å². The number of benzene rings is 1. The van der Waals surface area contributed by atoms with Gasteiger partial charge >= 0.3 is 5.97 Å². The Labute approximate surface area is 225 Å². The number of rotatable bonds is 8. The van der Waals surface area contributed by atoms with Gasteiger partial charge in [-0.05, 0) is 93.5 Å². The Bertz CT molecular complexity index is 1200. The number of piperidine rings is 1. The molecule has 1 aromatic carbocycles. The van der Waals surface area contributed by atoms with Crippen LogP contribution in [0.1, 0.15) is 56.6 Å². The number of pyridine rings is 1. The van der Waals surface area contributed by atoms with E-state index in [0.717, 1.165) is 36.2 Å². The number of hydrogen-bond donors (Lipinski definition) is 4. The molecule has 0 spiro atoms. The van der Waals surface area contributed by atoms with Crippen molar-refractivity contribution in [3.8, 4) is 12.3 Å². The van der Waals surface area contributed by atoms with Crippen molar-refractivity contribution in [3.05, 3.63) is 59.8 Å². The van der Waals surface area contributed by atoms with Crippen LogP contribution < -0.4 is 10.6 Å². The van der Waals surface area contributed by atoms with Crippen LogP contribution in [0.4, 0.5) is 5.82 Å². The molecule has 7 nitrogen and oxygen atoms in total. The van der Waals surface area contributed by atoms with Crippen LogP contribution in [0, 0.1) is 12.3 Å². The predicted molar refractivity (Wildman–Crippen MR) is 155 cm³/mol. The maximum Gasteiger partial charge on any atom is 0.381 e. The standard InChI is InChI=1S/C26H35N5S.C3H2O2/c1-3-19(2)31-16-13-21(14-17-31)22-18-28-23-11-12-24(29-25(22)23)30-26(32)27-15-7-10-20-8-5-4-6-9-20;1-2-3(4)5/h4-6,8-9,11-12,18-19,21,28H,3,7,10,13-17H2,1-2H3,(H2,27,29,30,32);1H,(H,4,5). The number of carbonyl (C=O) groups is 1. The van der Waals surface area contributed by atoms with Crippen LogP contribution in [0.15, 0.2) is 48.7 Å². The van der Waals surface area contributed by atoms with Crippen molar-refractivity contribution in [1.29, 1.82) is 0 Å². The number of aryl methyl sites for hydroxylation is 1. The number of anilines is 1. The maximum atomic E-state index is 9.13. The first kappa shape index (κ1) is 28.2. The average Bonchev–Trinajstić information content (AvgIpc) is 3.35. The van der Waals surface area contributed by atoms with Gasteiger partial charge in [-0.2, -0.15) is 0 Å². The van der Waals surface area contributed by atoms with Gasteiger partial charge in [0.15, 0.2) is 5.11 Å². The van der Waals surface area contributed by atoms with Gasteiger partial charge in [0.2, 0.25) is 0 Å². The van der Waals surface area contributed by atoms with E-state index in [9.17, 15) is 0 Å². The minimum atomic E-state index is -1.22. The molecule has 0 aliphatic carbocycles. The molecule has 0 radical (unpaired) electrons. The summed E-state index contributed by atoms with van der Waals surface area (Å²) in [5, 5.41) is 14.7. The number of carboxylic acids is 1. The summed E-state index contributed by atoms with van der Waals surface area (Å²) in [5.74, 6) is 1.59. The van der Waals surface area contributed by atoms with Crippen LogP contribution in [0.25, 0.3) is 11.0 Å². The van der Waals surface area contributed by atoms with E-state index >= 15 is 0 Å². The second-order valence-electron chi connectivity index (χ2n) is 9.32. The number of likely N-dealkylation sites (tertiary alicyclic amines) is 1. The van der Waals surface area contributed by atoms with Gasteiger partial charge in [0.05, 0.1) is 11.0 Å². The molecule has 3 heterocycles. The first-order chi connectivity index (χ1) is 17.9. The van der Waals surface area contributed by atoms with Gasteiger partial charge in [0.25, 0.3) is 0 Å².